The molecule has 122 valence electrons. The Morgan fingerprint density at radius 2 is 1.82 bits per heavy atom. The van der Waals surface area contributed by atoms with E-state index < -0.39 is 15.6 Å². The molecule has 0 saturated heterocycles. The van der Waals surface area contributed by atoms with Gasteiger partial charge in [-0.25, -0.2) is 8.42 Å². The lowest BCUT2D eigenvalue weighted by Gasteiger charge is -2.32. The molecule has 1 aliphatic rings. The lowest BCUT2D eigenvalue weighted by Crippen LogP contribution is -2.48. The SMILES string of the molecule is CN(CC(=O)NC1(c2ccc(Cl)cc2)CCCC1)S(C)(=O)=O. The first kappa shape index (κ1) is 17.2. The van der Waals surface area contributed by atoms with Crippen molar-refractivity contribution in [2.24, 2.45) is 0 Å². The largest absolute Gasteiger partial charge is 0.345 e. The molecule has 0 heterocycles. The number of carbonyl (C=O) groups is 1. The van der Waals surface area contributed by atoms with Crippen molar-refractivity contribution < 1.29 is 13.2 Å². The topological polar surface area (TPSA) is 66.5 Å². The maximum atomic E-state index is 12.3. The minimum Gasteiger partial charge on any atom is -0.345 e. The molecule has 22 heavy (non-hydrogen) atoms. The number of nitrogens with one attached hydrogen (secondary N) is 1. The van der Waals surface area contributed by atoms with Gasteiger partial charge in [0, 0.05) is 12.1 Å². The third kappa shape index (κ3) is 4.00. The van der Waals surface area contributed by atoms with Crippen LogP contribution in [-0.4, -0.2) is 38.5 Å². The summed E-state index contributed by atoms with van der Waals surface area (Å²) < 4.78 is 23.9. The summed E-state index contributed by atoms with van der Waals surface area (Å²) in [5, 5.41) is 3.70. The van der Waals surface area contributed by atoms with Crippen LogP contribution in [0.1, 0.15) is 31.2 Å². The van der Waals surface area contributed by atoms with E-state index in [4.69, 9.17) is 11.6 Å². The van der Waals surface area contributed by atoms with E-state index in [0.717, 1.165) is 41.8 Å². The summed E-state index contributed by atoms with van der Waals surface area (Å²) in [6.07, 6.45) is 4.85. The third-order valence-corrected chi connectivity index (χ3v) is 5.68. The second kappa shape index (κ2) is 6.56. The van der Waals surface area contributed by atoms with Gasteiger partial charge in [-0.3, -0.25) is 4.79 Å². The van der Waals surface area contributed by atoms with Gasteiger partial charge in [-0.15, -0.1) is 0 Å². The summed E-state index contributed by atoms with van der Waals surface area (Å²) in [7, 11) is -1.97. The van der Waals surface area contributed by atoms with Crippen molar-refractivity contribution in [3.63, 3.8) is 0 Å². The highest BCUT2D eigenvalue weighted by atomic mass is 35.5. The standard InChI is InChI=1S/C15H21ClN2O3S/c1-18(22(2,20)21)11-14(19)17-15(9-3-4-10-15)12-5-7-13(16)8-6-12/h5-8H,3-4,9-11H2,1-2H3,(H,17,19). The summed E-state index contributed by atoms with van der Waals surface area (Å²) in [6.45, 7) is -0.172. The number of amides is 1. The van der Waals surface area contributed by atoms with Gasteiger partial charge in [-0.05, 0) is 30.5 Å². The van der Waals surface area contributed by atoms with E-state index >= 15 is 0 Å². The number of benzene rings is 1. The predicted molar refractivity (Wildman–Crippen MR) is 87.2 cm³/mol. The number of sulfonamides is 1. The van der Waals surface area contributed by atoms with Crippen LogP contribution in [0.4, 0.5) is 0 Å². The fourth-order valence-electron chi connectivity index (χ4n) is 2.86. The van der Waals surface area contributed by atoms with Gasteiger partial charge in [-0.2, -0.15) is 4.31 Å². The highest BCUT2D eigenvalue weighted by molar-refractivity contribution is 7.88. The Kier molecular flexibility index (Phi) is 5.14. The zero-order valence-corrected chi connectivity index (χ0v) is 14.4. The maximum Gasteiger partial charge on any atom is 0.236 e. The Labute approximate surface area is 136 Å². The van der Waals surface area contributed by atoms with E-state index in [1.54, 1.807) is 0 Å². The average Bonchev–Trinajstić information content (AvgIpc) is 2.87. The highest BCUT2D eigenvalue weighted by Crippen LogP contribution is 2.39. The van der Waals surface area contributed by atoms with Crippen LogP contribution in [-0.2, 0) is 20.4 Å². The van der Waals surface area contributed by atoms with Crippen molar-refractivity contribution >= 4 is 27.5 Å². The number of likely N-dealkylation sites (N-methyl/N-ethyl adjacent to an activating group) is 1. The van der Waals surface area contributed by atoms with Crippen molar-refractivity contribution in [3.05, 3.63) is 34.9 Å². The van der Waals surface area contributed by atoms with E-state index in [1.807, 2.05) is 24.3 Å². The van der Waals surface area contributed by atoms with E-state index in [-0.39, 0.29) is 12.5 Å². The van der Waals surface area contributed by atoms with E-state index in [2.05, 4.69) is 5.32 Å². The number of rotatable bonds is 5. The molecule has 0 aromatic heterocycles. The molecule has 1 aliphatic carbocycles. The monoisotopic (exact) mass is 344 g/mol. The minimum absolute atomic E-state index is 0.172. The molecule has 1 aromatic carbocycles. The molecule has 1 N–H and O–H groups in total. The molecule has 1 amide bonds. The molecule has 2 rings (SSSR count). The van der Waals surface area contributed by atoms with Crippen molar-refractivity contribution in [1.82, 2.24) is 9.62 Å². The molecule has 5 nitrogen and oxygen atoms in total. The van der Waals surface area contributed by atoms with Gasteiger partial charge in [0.05, 0.1) is 18.3 Å². The Hall–Kier alpha value is -1.11. The Morgan fingerprint density at radius 1 is 1.27 bits per heavy atom. The van der Waals surface area contributed by atoms with Crippen molar-refractivity contribution in [2.45, 2.75) is 31.2 Å². The first-order valence-corrected chi connectivity index (χ1v) is 9.44. The second-order valence-electron chi connectivity index (χ2n) is 5.86. The van der Waals surface area contributed by atoms with E-state index in [1.165, 1.54) is 7.05 Å². The predicted octanol–water partition coefficient (Wildman–Crippen LogP) is 2.12. The molecule has 1 saturated carbocycles. The quantitative estimate of drug-likeness (QED) is 0.889. The number of hydrogen-bond donors (Lipinski definition) is 1. The Balaban J connectivity index is 2.15. The van der Waals surface area contributed by atoms with Crippen LogP contribution in [0.2, 0.25) is 5.02 Å². The van der Waals surface area contributed by atoms with E-state index in [0.29, 0.717) is 5.02 Å². The van der Waals surface area contributed by atoms with Crippen LogP contribution < -0.4 is 5.32 Å². The smallest absolute Gasteiger partial charge is 0.236 e. The molecule has 1 aromatic rings. The van der Waals surface area contributed by atoms with Crippen molar-refractivity contribution in [3.8, 4) is 0 Å². The number of hydrogen-bond acceptors (Lipinski definition) is 3. The lowest BCUT2D eigenvalue weighted by molar-refractivity contribution is -0.123. The molecular formula is C15H21ClN2O3S. The van der Waals surface area contributed by atoms with Gasteiger partial charge in [0.25, 0.3) is 0 Å². The Bertz CT molecular complexity index is 637. The van der Waals surface area contributed by atoms with Gasteiger partial charge in [0.15, 0.2) is 0 Å². The lowest BCUT2D eigenvalue weighted by atomic mass is 9.88. The Morgan fingerprint density at radius 3 is 2.32 bits per heavy atom. The fourth-order valence-corrected chi connectivity index (χ4v) is 3.34. The number of nitrogens with zero attached hydrogens (tertiary/aromatic N) is 1. The molecule has 7 heteroatoms. The summed E-state index contributed by atoms with van der Waals surface area (Å²) in [4.78, 5) is 12.3. The maximum absolute atomic E-state index is 12.3. The van der Waals surface area contributed by atoms with Gasteiger partial charge >= 0.3 is 0 Å². The summed E-state index contributed by atoms with van der Waals surface area (Å²) in [5.74, 6) is -0.287. The van der Waals surface area contributed by atoms with Crippen LogP contribution in [0.3, 0.4) is 0 Å². The minimum atomic E-state index is -3.37. The highest BCUT2D eigenvalue weighted by Gasteiger charge is 2.37. The second-order valence-corrected chi connectivity index (χ2v) is 8.39. The summed E-state index contributed by atoms with van der Waals surface area (Å²) in [6, 6.07) is 7.47. The molecule has 0 unspecified atom stereocenters. The zero-order valence-electron chi connectivity index (χ0n) is 12.8. The first-order chi connectivity index (χ1) is 10.2. The third-order valence-electron chi connectivity index (χ3n) is 4.17. The summed E-state index contributed by atoms with van der Waals surface area (Å²) in [5.41, 5.74) is 0.602. The fraction of sp³-hybridized carbons (Fsp3) is 0.533. The average molecular weight is 345 g/mol. The van der Waals surface area contributed by atoms with Gasteiger partial charge in [-0.1, -0.05) is 36.6 Å². The van der Waals surface area contributed by atoms with Crippen molar-refractivity contribution in [1.29, 1.82) is 0 Å². The van der Waals surface area contributed by atoms with Gasteiger partial charge in [0.1, 0.15) is 0 Å². The van der Waals surface area contributed by atoms with Crippen LogP contribution >= 0.6 is 11.6 Å². The summed E-state index contributed by atoms with van der Waals surface area (Å²) >= 11 is 5.93. The van der Waals surface area contributed by atoms with Crippen LogP contribution in [0, 0.1) is 0 Å². The molecule has 0 atom stereocenters. The van der Waals surface area contributed by atoms with Crippen molar-refractivity contribution in [2.75, 3.05) is 19.8 Å². The molecule has 0 radical (unpaired) electrons. The number of halogens is 1. The van der Waals surface area contributed by atoms with Crippen LogP contribution in [0.25, 0.3) is 0 Å². The molecule has 0 bridgehead atoms. The van der Waals surface area contributed by atoms with Crippen LogP contribution in [0.15, 0.2) is 24.3 Å². The molecular weight excluding hydrogens is 324 g/mol. The molecule has 0 spiro atoms. The number of carbonyl (C=O) groups excluding carboxylic acids is 1. The molecule has 0 aliphatic heterocycles. The van der Waals surface area contributed by atoms with Gasteiger partial charge < -0.3 is 5.32 Å². The first-order valence-electron chi connectivity index (χ1n) is 7.21. The van der Waals surface area contributed by atoms with Crippen LogP contribution in [0.5, 0.6) is 0 Å². The van der Waals surface area contributed by atoms with Gasteiger partial charge in [0.2, 0.25) is 15.9 Å². The normalized spacial score (nSPS) is 17.6. The van der Waals surface area contributed by atoms with E-state index in [9.17, 15) is 13.2 Å². The zero-order chi connectivity index (χ0) is 16.4. The molecule has 1 fully saturated rings.